The van der Waals surface area contributed by atoms with Crippen LogP contribution in [0.1, 0.15) is 24.5 Å². The average molecular weight is 347 g/mol. The molecule has 1 aromatic carbocycles. The molecule has 132 valence electrons. The Kier molecular flexibility index (Phi) is 6.22. The molecule has 0 heterocycles. The van der Waals surface area contributed by atoms with Gasteiger partial charge in [0.05, 0.1) is 6.42 Å². The van der Waals surface area contributed by atoms with Crippen LogP contribution in [0.25, 0.3) is 5.57 Å². The summed E-state index contributed by atoms with van der Waals surface area (Å²) in [5, 5.41) is 25.5. The lowest BCUT2D eigenvalue weighted by Crippen LogP contribution is -2.46. The second-order valence-electron chi connectivity index (χ2n) is 4.91. The summed E-state index contributed by atoms with van der Waals surface area (Å²) in [5.74, 6) is -5.09. The number of rotatable bonds is 6. The Morgan fingerprint density at radius 2 is 1.96 bits per heavy atom. The fourth-order valence-corrected chi connectivity index (χ4v) is 1.78. The summed E-state index contributed by atoms with van der Waals surface area (Å²) in [5.41, 5.74) is 4.75. The largest absolute Gasteiger partial charge is 0.443 e. The van der Waals surface area contributed by atoms with E-state index in [9.17, 15) is 17.6 Å². The van der Waals surface area contributed by atoms with Gasteiger partial charge in [-0.2, -0.15) is 13.2 Å². The second-order valence-corrected chi connectivity index (χ2v) is 4.91. The fraction of sp³-hybridized carbons (Fsp3) is 0.333. The molecule has 0 spiro atoms. The van der Waals surface area contributed by atoms with Crippen LogP contribution < -0.4 is 5.73 Å². The van der Waals surface area contributed by atoms with E-state index in [0.717, 1.165) is 12.1 Å². The van der Waals surface area contributed by atoms with Crippen LogP contribution in [0.5, 0.6) is 0 Å². The Morgan fingerprint density at radius 3 is 2.42 bits per heavy atom. The number of halogens is 4. The summed E-state index contributed by atoms with van der Waals surface area (Å²) in [6, 6.07) is 3.40. The zero-order valence-corrected chi connectivity index (χ0v) is 12.7. The number of hydrogen-bond donors (Lipinski definition) is 4. The van der Waals surface area contributed by atoms with E-state index in [-0.39, 0.29) is 0 Å². The minimum Gasteiger partial charge on any atom is -0.404 e. The topological polar surface area (TPSA) is 103 Å². The van der Waals surface area contributed by atoms with Crippen LogP contribution in [0.4, 0.5) is 17.6 Å². The molecule has 0 amide bonds. The van der Waals surface area contributed by atoms with E-state index < -0.39 is 35.5 Å². The number of hydrogen-bond acceptors (Lipinski definition) is 5. The highest BCUT2D eigenvalue weighted by Crippen LogP contribution is 2.32. The third kappa shape index (κ3) is 4.62. The number of benzene rings is 1. The molecule has 1 rings (SSSR count). The van der Waals surface area contributed by atoms with Gasteiger partial charge < -0.3 is 21.4 Å². The third-order valence-corrected chi connectivity index (χ3v) is 3.10. The Hall–Kier alpha value is -2.26. The number of nitrogens with zero attached hydrogens (tertiary/aromatic N) is 1. The Labute approximate surface area is 135 Å². The van der Waals surface area contributed by atoms with E-state index in [2.05, 4.69) is 4.99 Å². The van der Waals surface area contributed by atoms with Crippen molar-refractivity contribution in [1.29, 1.82) is 5.41 Å². The molecule has 0 aliphatic rings. The molecule has 5 nitrogen and oxygen atoms in total. The van der Waals surface area contributed by atoms with Crippen molar-refractivity contribution in [2.24, 2.45) is 10.7 Å². The van der Waals surface area contributed by atoms with Gasteiger partial charge in [-0.3, -0.25) is 4.99 Å². The van der Waals surface area contributed by atoms with Gasteiger partial charge in [0.2, 0.25) is 0 Å². The van der Waals surface area contributed by atoms with E-state index in [0.29, 0.717) is 17.7 Å². The molecule has 9 heteroatoms. The van der Waals surface area contributed by atoms with Crippen molar-refractivity contribution in [3.8, 4) is 0 Å². The molecule has 0 fully saturated rings. The van der Waals surface area contributed by atoms with Crippen molar-refractivity contribution in [3.05, 3.63) is 41.3 Å². The van der Waals surface area contributed by atoms with Gasteiger partial charge in [0.25, 0.3) is 5.79 Å². The Morgan fingerprint density at radius 1 is 1.33 bits per heavy atom. The molecule has 24 heavy (non-hydrogen) atoms. The number of aliphatic imine (C=N–C) groups is 1. The maximum absolute atomic E-state index is 14.1. The first-order valence-electron chi connectivity index (χ1n) is 6.84. The predicted octanol–water partition coefficient (Wildman–Crippen LogP) is 2.22. The van der Waals surface area contributed by atoms with E-state index in [1.165, 1.54) is 18.5 Å². The van der Waals surface area contributed by atoms with Crippen LogP contribution in [0.2, 0.25) is 0 Å². The van der Waals surface area contributed by atoms with Crippen LogP contribution in [-0.4, -0.2) is 40.6 Å². The summed E-state index contributed by atoms with van der Waals surface area (Å²) < 4.78 is 51.3. The maximum atomic E-state index is 14.1. The van der Waals surface area contributed by atoms with Gasteiger partial charge in [0, 0.05) is 35.8 Å². The zero-order chi connectivity index (χ0) is 18.5. The van der Waals surface area contributed by atoms with E-state index in [1.54, 1.807) is 6.92 Å². The molecule has 0 bridgehead atoms. The highest BCUT2D eigenvalue weighted by atomic mass is 19.4. The molecule has 1 aromatic rings. The zero-order valence-electron chi connectivity index (χ0n) is 12.7. The predicted molar refractivity (Wildman–Crippen MR) is 82.3 cm³/mol. The molecule has 0 radical (unpaired) electrons. The van der Waals surface area contributed by atoms with Gasteiger partial charge in [0.1, 0.15) is 5.82 Å². The molecule has 0 atom stereocenters. The van der Waals surface area contributed by atoms with Crippen molar-refractivity contribution in [2.75, 3.05) is 6.54 Å². The quantitative estimate of drug-likeness (QED) is 0.360. The van der Waals surface area contributed by atoms with E-state index in [4.69, 9.17) is 21.4 Å². The number of alkyl halides is 3. The SMILES string of the molecule is CCN=CC(=CN)c1ccc(C(=N)CC(O)(O)C(F)(F)F)c(F)c1. The monoisotopic (exact) mass is 347 g/mol. The van der Waals surface area contributed by atoms with Gasteiger partial charge >= 0.3 is 6.18 Å². The third-order valence-electron chi connectivity index (χ3n) is 3.10. The van der Waals surface area contributed by atoms with Crippen molar-refractivity contribution in [1.82, 2.24) is 0 Å². The minimum absolute atomic E-state index is 0.318. The molecule has 5 N–H and O–H groups in total. The Balaban J connectivity index is 3.08. The molecule has 0 saturated carbocycles. The molecule has 0 saturated heterocycles. The van der Waals surface area contributed by atoms with Gasteiger partial charge in [-0.15, -0.1) is 0 Å². The average Bonchev–Trinajstić information content (AvgIpc) is 2.46. The van der Waals surface area contributed by atoms with Crippen LogP contribution in [0, 0.1) is 11.2 Å². The first-order valence-corrected chi connectivity index (χ1v) is 6.84. The molecule has 0 aliphatic carbocycles. The lowest BCUT2D eigenvalue weighted by molar-refractivity contribution is -0.344. The molecular formula is C15H17F4N3O2. The summed E-state index contributed by atoms with van der Waals surface area (Å²) >= 11 is 0. The van der Waals surface area contributed by atoms with Crippen molar-refractivity contribution < 1.29 is 27.8 Å². The molecule has 0 unspecified atom stereocenters. The van der Waals surface area contributed by atoms with Gasteiger partial charge in [-0.1, -0.05) is 6.07 Å². The fourth-order valence-electron chi connectivity index (χ4n) is 1.78. The smallest absolute Gasteiger partial charge is 0.404 e. The van der Waals surface area contributed by atoms with Crippen LogP contribution in [0.3, 0.4) is 0 Å². The Bertz CT molecular complexity index is 667. The van der Waals surface area contributed by atoms with Crippen molar-refractivity contribution >= 4 is 17.5 Å². The number of nitrogens with two attached hydrogens (primary N) is 1. The summed E-state index contributed by atoms with van der Waals surface area (Å²) in [4.78, 5) is 3.95. The van der Waals surface area contributed by atoms with Crippen molar-refractivity contribution in [2.45, 2.75) is 25.3 Å². The first-order chi connectivity index (χ1) is 11.0. The standard InChI is InChI=1S/C15H17F4N3O2/c1-2-22-8-10(7-20)9-3-4-11(12(16)5-9)13(21)6-14(23,24)15(17,18)19/h3-5,7-8,21,23-24H,2,6,20H2,1H3. The molecular weight excluding hydrogens is 330 g/mol. The highest BCUT2D eigenvalue weighted by Gasteiger charge is 2.53. The summed E-state index contributed by atoms with van der Waals surface area (Å²) in [6.45, 7) is 2.27. The van der Waals surface area contributed by atoms with Gasteiger partial charge in [-0.25, -0.2) is 4.39 Å². The summed E-state index contributed by atoms with van der Waals surface area (Å²) in [6.07, 6.45) is -4.25. The summed E-state index contributed by atoms with van der Waals surface area (Å²) in [7, 11) is 0. The molecule has 0 aromatic heterocycles. The molecule has 0 aliphatic heterocycles. The van der Waals surface area contributed by atoms with Gasteiger partial charge in [0.15, 0.2) is 0 Å². The lowest BCUT2D eigenvalue weighted by Gasteiger charge is -2.24. The highest BCUT2D eigenvalue weighted by molar-refractivity contribution is 6.10. The van der Waals surface area contributed by atoms with Crippen molar-refractivity contribution in [3.63, 3.8) is 0 Å². The minimum atomic E-state index is -5.36. The maximum Gasteiger partial charge on any atom is 0.443 e. The second kappa shape index (κ2) is 7.54. The van der Waals surface area contributed by atoms with Gasteiger partial charge in [-0.05, 0) is 24.6 Å². The number of nitrogens with one attached hydrogen (secondary N) is 1. The van der Waals surface area contributed by atoms with E-state index >= 15 is 0 Å². The van der Waals surface area contributed by atoms with Crippen LogP contribution in [-0.2, 0) is 0 Å². The first kappa shape index (κ1) is 19.8. The van der Waals surface area contributed by atoms with E-state index in [1.807, 2.05) is 0 Å². The normalized spacial score (nSPS) is 13.5. The lowest BCUT2D eigenvalue weighted by atomic mass is 9.98. The number of aliphatic hydroxyl groups is 2. The van der Waals surface area contributed by atoms with Crippen LogP contribution in [0.15, 0.2) is 29.4 Å². The number of allylic oxidation sites excluding steroid dienone is 1. The van der Waals surface area contributed by atoms with Crippen LogP contribution >= 0.6 is 0 Å².